The second-order valence-corrected chi connectivity index (χ2v) is 4.47. The van der Waals surface area contributed by atoms with Crippen LogP contribution in [0.4, 0.5) is 5.69 Å². The van der Waals surface area contributed by atoms with Gasteiger partial charge in [0, 0.05) is 18.4 Å². The molecule has 5 heteroatoms. The average Bonchev–Trinajstić information content (AvgIpc) is 2.36. The van der Waals surface area contributed by atoms with Crippen LogP contribution in [0.1, 0.15) is 31.3 Å². The fourth-order valence-corrected chi connectivity index (χ4v) is 1.53. The summed E-state index contributed by atoms with van der Waals surface area (Å²) in [6.45, 7) is 6.54. The molecule has 1 atom stereocenters. The maximum absolute atomic E-state index is 11.6. The summed E-state index contributed by atoms with van der Waals surface area (Å²) in [5, 5.41) is 15.2. The lowest BCUT2D eigenvalue weighted by molar-refractivity contribution is 0.0951. The number of amides is 1. The molecule has 0 saturated carbocycles. The maximum atomic E-state index is 11.6. The fourth-order valence-electron chi connectivity index (χ4n) is 1.53. The van der Waals surface area contributed by atoms with Gasteiger partial charge in [0.2, 0.25) is 0 Å². The van der Waals surface area contributed by atoms with Crippen molar-refractivity contribution >= 4 is 11.6 Å². The number of aromatic nitrogens is 1. The molecule has 0 saturated heterocycles. The molecule has 1 rings (SSSR count). The summed E-state index contributed by atoms with van der Waals surface area (Å²) in [5.74, 6) is 0.113. The number of hydrogen-bond donors (Lipinski definition) is 3. The molecular formula is C13H21N3O2. The second kappa shape index (κ2) is 6.96. The van der Waals surface area contributed by atoms with Crippen molar-refractivity contribution in [2.45, 2.75) is 26.8 Å². The van der Waals surface area contributed by atoms with Gasteiger partial charge in [-0.3, -0.25) is 9.78 Å². The van der Waals surface area contributed by atoms with Gasteiger partial charge in [-0.25, -0.2) is 0 Å². The zero-order valence-electron chi connectivity index (χ0n) is 11.1. The van der Waals surface area contributed by atoms with Crippen LogP contribution < -0.4 is 10.6 Å². The minimum absolute atomic E-state index is 0.0329. The zero-order valence-corrected chi connectivity index (χ0v) is 11.1. The Morgan fingerprint density at radius 1 is 1.50 bits per heavy atom. The number of carbonyl (C=O) groups excluding carboxylic acids is 1. The van der Waals surface area contributed by atoms with E-state index in [0.29, 0.717) is 18.2 Å². The number of hydrogen-bond acceptors (Lipinski definition) is 4. The molecule has 1 heterocycles. The van der Waals surface area contributed by atoms with Gasteiger partial charge in [-0.1, -0.05) is 13.8 Å². The van der Waals surface area contributed by atoms with Crippen molar-refractivity contribution in [2.24, 2.45) is 5.92 Å². The molecule has 0 aromatic carbocycles. The molecule has 0 fully saturated rings. The maximum Gasteiger partial charge on any atom is 0.269 e. The Morgan fingerprint density at radius 3 is 2.78 bits per heavy atom. The molecule has 1 aromatic rings. The van der Waals surface area contributed by atoms with Gasteiger partial charge in [0.1, 0.15) is 5.69 Å². The molecule has 0 aliphatic carbocycles. The Hall–Kier alpha value is -1.62. The number of pyridine rings is 1. The van der Waals surface area contributed by atoms with E-state index in [9.17, 15) is 9.90 Å². The summed E-state index contributed by atoms with van der Waals surface area (Å²) < 4.78 is 0. The lowest BCUT2D eigenvalue weighted by Crippen LogP contribution is -2.30. The molecule has 18 heavy (non-hydrogen) atoms. The van der Waals surface area contributed by atoms with Crippen LogP contribution in [0.15, 0.2) is 18.3 Å². The van der Waals surface area contributed by atoms with Gasteiger partial charge >= 0.3 is 0 Å². The third-order valence-corrected chi connectivity index (χ3v) is 2.68. The fraction of sp³-hybridized carbons (Fsp3) is 0.538. The number of anilines is 1. The largest absolute Gasteiger partial charge is 0.394 e. The van der Waals surface area contributed by atoms with Gasteiger partial charge in [0.15, 0.2) is 0 Å². The van der Waals surface area contributed by atoms with Crippen molar-refractivity contribution < 1.29 is 9.90 Å². The summed E-state index contributed by atoms with van der Waals surface area (Å²) in [6, 6.07) is 3.44. The monoisotopic (exact) mass is 251 g/mol. The second-order valence-electron chi connectivity index (χ2n) is 4.47. The first-order valence-corrected chi connectivity index (χ1v) is 6.20. The Labute approximate surface area is 108 Å². The summed E-state index contributed by atoms with van der Waals surface area (Å²) in [6.07, 6.45) is 1.58. The van der Waals surface area contributed by atoms with E-state index in [1.807, 2.05) is 20.8 Å². The smallest absolute Gasteiger partial charge is 0.269 e. The zero-order chi connectivity index (χ0) is 13.5. The van der Waals surface area contributed by atoms with Crippen LogP contribution in [0, 0.1) is 5.92 Å². The van der Waals surface area contributed by atoms with Crippen molar-refractivity contribution in [2.75, 3.05) is 18.5 Å². The molecule has 1 aromatic heterocycles. The highest BCUT2D eigenvalue weighted by molar-refractivity contribution is 5.93. The number of carbonyl (C=O) groups is 1. The summed E-state index contributed by atoms with van der Waals surface area (Å²) in [7, 11) is 0. The van der Waals surface area contributed by atoms with Gasteiger partial charge in [-0.15, -0.1) is 0 Å². The van der Waals surface area contributed by atoms with Crippen molar-refractivity contribution in [3.8, 4) is 0 Å². The first-order valence-electron chi connectivity index (χ1n) is 6.20. The topological polar surface area (TPSA) is 74.2 Å². The Morgan fingerprint density at radius 2 is 2.22 bits per heavy atom. The predicted molar refractivity (Wildman–Crippen MR) is 71.6 cm³/mol. The van der Waals surface area contributed by atoms with Crippen LogP contribution in [0.25, 0.3) is 0 Å². The molecular weight excluding hydrogens is 230 g/mol. The van der Waals surface area contributed by atoms with Gasteiger partial charge in [0.25, 0.3) is 5.91 Å². The van der Waals surface area contributed by atoms with Crippen LogP contribution in [-0.2, 0) is 0 Å². The third-order valence-electron chi connectivity index (χ3n) is 2.68. The van der Waals surface area contributed by atoms with Crippen molar-refractivity contribution in [3.63, 3.8) is 0 Å². The summed E-state index contributed by atoms with van der Waals surface area (Å²) in [4.78, 5) is 15.7. The van der Waals surface area contributed by atoms with Gasteiger partial charge in [0.05, 0.1) is 12.6 Å². The van der Waals surface area contributed by atoms with E-state index < -0.39 is 0 Å². The van der Waals surface area contributed by atoms with E-state index in [1.54, 1.807) is 18.3 Å². The van der Waals surface area contributed by atoms with E-state index in [4.69, 9.17) is 0 Å². The molecule has 1 amide bonds. The van der Waals surface area contributed by atoms with Crippen molar-refractivity contribution in [1.82, 2.24) is 10.3 Å². The van der Waals surface area contributed by atoms with E-state index in [-0.39, 0.29) is 18.6 Å². The van der Waals surface area contributed by atoms with E-state index in [0.717, 1.165) is 5.69 Å². The molecule has 1 unspecified atom stereocenters. The average molecular weight is 251 g/mol. The molecule has 5 nitrogen and oxygen atoms in total. The van der Waals surface area contributed by atoms with Crippen LogP contribution in [0.3, 0.4) is 0 Å². The molecule has 0 radical (unpaired) electrons. The number of nitrogens with one attached hydrogen (secondary N) is 2. The van der Waals surface area contributed by atoms with Crippen LogP contribution in [0.2, 0.25) is 0 Å². The van der Waals surface area contributed by atoms with Crippen molar-refractivity contribution in [1.29, 1.82) is 0 Å². The van der Waals surface area contributed by atoms with E-state index >= 15 is 0 Å². The minimum atomic E-state index is -0.189. The third kappa shape index (κ3) is 4.00. The first-order chi connectivity index (χ1) is 8.58. The summed E-state index contributed by atoms with van der Waals surface area (Å²) >= 11 is 0. The normalized spacial score (nSPS) is 12.3. The lowest BCUT2D eigenvalue weighted by Gasteiger charge is -2.21. The molecule has 0 spiro atoms. The molecule has 0 aliphatic rings. The van der Waals surface area contributed by atoms with Crippen LogP contribution in [-0.4, -0.2) is 35.2 Å². The Balaban J connectivity index is 2.78. The predicted octanol–water partition coefficient (Wildman–Crippen LogP) is 1.26. The quantitative estimate of drug-likeness (QED) is 0.711. The SMILES string of the molecule is CCNC(=O)c1cc(NC(CO)C(C)C)ccn1. The first kappa shape index (κ1) is 14.4. The van der Waals surface area contributed by atoms with Crippen molar-refractivity contribution in [3.05, 3.63) is 24.0 Å². The molecule has 0 bridgehead atoms. The van der Waals surface area contributed by atoms with E-state index in [1.165, 1.54) is 0 Å². The number of aliphatic hydroxyl groups excluding tert-OH is 1. The number of aliphatic hydroxyl groups is 1. The lowest BCUT2D eigenvalue weighted by atomic mass is 10.1. The van der Waals surface area contributed by atoms with Crippen LogP contribution >= 0.6 is 0 Å². The Kier molecular flexibility index (Phi) is 5.58. The molecule has 3 N–H and O–H groups in total. The highest BCUT2D eigenvalue weighted by atomic mass is 16.3. The highest BCUT2D eigenvalue weighted by Gasteiger charge is 2.13. The Bertz CT molecular complexity index is 394. The van der Waals surface area contributed by atoms with Crippen LogP contribution in [0.5, 0.6) is 0 Å². The van der Waals surface area contributed by atoms with E-state index in [2.05, 4.69) is 15.6 Å². The minimum Gasteiger partial charge on any atom is -0.394 e. The number of nitrogens with zero attached hydrogens (tertiary/aromatic N) is 1. The number of rotatable bonds is 6. The molecule has 100 valence electrons. The molecule has 0 aliphatic heterocycles. The standard InChI is InChI=1S/C13H21N3O2/c1-4-14-13(18)11-7-10(5-6-15-11)16-12(8-17)9(2)3/h5-7,9,12,17H,4,8H2,1-3H3,(H,14,18)(H,15,16). The van der Waals surface area contributed by atoms with Gasteiger partial charge in [-0.05, 0) is 25.0 Å². The summed E-state index contributed by atoms with van der Waals surface area (Å²) in [5.41, 5.74) is 1.17. The van der Waals surface area contributed by atoms with Gasteiger partial charge < -0.3 is 15.7 Å². The highest BCUT2D eigenvalue weighted by Crippen LogP contribution is 2.13. The van der Waals surface area contributed by atoms with Gasteiger partial charge in [-0.2, -0.15) is 0 Å².